The molecule has 0 spiro atoms. The van der Waals surface area contributed by atoms with Crippen molar-refractivity contribution in [2.24, 2.45) is 0 Å². The molecule has 0 bridgehead atoms. The van der Waals surface area contributed by atoms with E-state index >= 15 is 0 Å². The molecule has 1 aromatic carbocycles. The Labute approximate surface area is 133 Å². The number of ether oxygens (including phenoxy) is 1. The molecule has 0 saturated carbocycles. The van der Waals surface area contributed by atoms with Crippen LogP contribution in [0, 0.1) is 0 Å². The highest BCUT2D eigenvalue weighted by Crippen LogP contribution is 2.22. The molecule has 120 valence electrons. The molecule has 2 aliphatic rings. The van der Waals surface area contributed by atoms with Gasteiger partial charge >= 0.3 is 0 Å². The first-order valence-electron chi connectivity index (χ1n) is 8.51. The second-order valence-corrected chi connectivity index (χ2v) is 6.26. The Bertz CT molecular complexity index is 471. The van der Waals surface area contributed by atoms with Gasteiger partial charge in [0.15, 0.2) is 0 Å². The van der Waals surface area contributed by atoms with E-state index in [1.54, 1.807) is 0 Å². The van der Waals surface area contributed by atoms with Crippen molar-refractivity contribution < 1.29 is 9.53 Å². The smallest absolute Gasteiger partial charge is 0.254 e. The zero-order valence-electron chi connectivity index (χ0n) is 13.2. The molecule has 3 rings (SSSR count). The van der Waals surface area contributed by atoms with Crippen molar-refractivity contribution in [3.05, 3.63) is 35.9 Å². The van der Waals surface area contributed by atoms with Gasteiger partial charge in [0.1, 0.15) is 0 Å². The molecule has 0 radical (unpaired) electrons. The largest absolute Gasteiger partial charge is 0.379 e. The number of hydrogen-bond acceptors (Lipinski definition) is 3. The molecular weight excluding hydrogens is 276 g/mol. The lowest BCUT2D eigenvalue weighted by Crippen LogP contribution is -2.46. The Morgan fingerprint density at radius 2 is 1.86 bits per heavy atom. The van der Waals surface area contributed by atoms with Crippen LogP contribution in [0.2, 0.25) is 0 Å². The number of nitrogens with zero attached hydrogens (tertiary/aromatic N) is 2. The zero-order chi connectivity index (χ0) is 15.2. The number of rotatable bonds is 4. The van der Waals surface area contributed by atoms with Gasteiger partial charge in [0.05, 0.1) is 13.2 Å². The molecule has 1 atom stereocenters. The monoisotopic (exact) mass is 302 g/mol. The van der Waals surface area contributed by atoms with E-state index in [1.807, 2.05) is 30.3 Å². The summed E-state index contributed by atoms with van der Waals surface area (Å²) in [5.41, 5.74) is 0.820. The van der Waals surface area contributed by atoms with E-state index in [9.17, 15) is 4.79 Å². The van der Waals surface area contributed by atoms with Gasteiger partial charge in [-0.15, -0.1) is 0 Å². The van der Waals surface area contributed by atoms with Gasteiger partial charge in [-0.3, -0.25) is 9.69 Å². The molecule has 2 saturated heterocycles. The maximum Gasteiger partial charge on any atom is 0.254 e. The molecule has 0 aromatic heterocycles. The van der Waals surface area contributed by atoms with E-state index in [4.69, 9.17) is 4.74 Å². The molecule has 1 amide bonds. The van der Waals surface area contributed by atoms with Gasteiger partial charge in [-0.1, -0.05) is 18.2 Å². The van der Waals surface area contributed by atoms with Crippen LogP contribution >= 0.6 is 0 Å². The van der Waals surface area contributed by atoms with E-state index in [0.717, 1.165) is 64.2 Å². The molecule has 22 heavy (non-hydrogen) atoms. The van der Waals surface area contributed by atoms with Crippen LogP contribution in [0.1, 0.15) is 36.0 Å². The quantitative estimate of drug-likeness (QED) is 0.856. The maximum atomic E-state index is 12.8. The van der Waals surface area contributed by atoms with Crippen molar-refractivity contribution >= 4 is 5.91 Å². The molecule has 0 N–H and O–H groups in total. The van der Waals surface area contributed by atoms with Gasteiger partial charge in [-0.2, -0.15) is 0 Å². The van der Waals surface area contributed by atoms with E-state index in [2.05, 4.69) is 9.80 Å². The van der Waals surface area contributed by atoms with Crippen LogP contribution in [0.15, 0.2) is 30.3 Å². The van der Waals surface area contributed by atoms with Crippen LogP contribution in [0.25, 0.3) is 0 Å². The molecule has 2 aliphatic heterocycles. The fraction of sp³-hybridized carbons (Fsp3) is 0.611. The van der Waals surface area contributed by atoms with Crippen LogP contribution in [0.5, 0.6) is 0 Å². The predicted molar refractivity (Wildman–Crippen MR) is 87.0 cm³/mol. The predicted octanol–water partition coefficient (Wildman–Crippen LogP) is 2.40. The Morgan fingerprint density at radius 3 is 2.64 bits per heavy atom. The number of benzene rings is 1. The van der Waals surface area contributed by atoms with Crippen LogP contribution in [-0.2, 0) is 4.74 Å². The third-order valence-electron chi connectivity index (χ3n) is 4.79. The summed E-state index contributed by atoms with van der Waals surface area (Å²) in [4.78, 5) is 17.3. The van der Waals surface area contributed by atoms with Gasteiger partial charge in [0.25, 0.3) is 5.91 Å². The zero-order valence-corrected chi connectivity index (χ0v) is 13.2. The third-order valence-corrected chi connectivity index (χ3v) is 4.79. The molecule has 0 unspecified atom stereocenters. The molecule has 4 heteroatoms. The molecular formula is C18H26N2O2. The lowest BCUT2D eigenvalue weighted by molar-refractivity contribution is 0.0296. The summed E-state index contributed by atoms with van der Waals surface area (Å²) in [5, 5.41) is 0. The number of carbonyl (C=O) groups excluding carboxylic acids is 1. The van der Waals surface area contributed by atoms with Crippen molar-refractivity contribution in [2.45, 2.75) is 31.7 Å². The van der Waals surface area contributed by atoms with Crippen LogP contribution < -0.4 is 0 Å². The number of piperidine rings is 1. The summed E-state index contributed by atoms with van der Waals surface area (Å²) in [6, 6.07) is 10.1. The highest BCUT2D eigenvalue weighted by Gasteiger charge is 2.27. The minimum atomic E-state index is 0.201. The number of amides is 1. The Balaban J connectivity index is 1.59. The lowest BCUT2D eigenvalue weighted by Gasteiger charge is -2.37. The maximum absolute atomic E-state index is 12.8. The average Bonchev–Trinajstić information content (AvgIpc) is 2.61. The topological polar surface area (TPSA) is 32.8 Å². The lowest BCUT2D eigenvalue weighted by atomic mass is 9.98. The van der Waals surface area contributed by atoms with E-state index in [-0.39, 0.29) is 5.91 Å². The first kappa shape index (κ1) is 15.5. The molecule has 1 aromatic rings. The molecule has 4 nitrogen and oxygen atoms in total. The summed E-state index contributed by atoms with van der Waals surface area (Å²) in [5.74, 6) is 0.201. The molecule has 2 fully saturated rings. The van der Waals surface area contributed by atoms with Crippen molar-refractivity contribution in [1.82, 2.24) is 9.80 Å². The van der Waals surface area contributed by atoms with Crippen LogP contribution in [0.4, 0.5) is 0 Å². The Hall–Kier alpha value is -1.39. The number of morpholine rings is 1. The van der Waals surface area contributed by atoms with Gasteiger partial charge in [0.2, 0.25) is 0 Å². The summed E-state index contributed by atoms with van der Waals surface area (Å²) in [7, 11) is 0. The van der Waals surface area contributed by atoms with Crippen LogP contribution in [-0.4, -0.2) is 61.1 Å². The van der Waals surface area contributed by atoms with Crippen molar-refractivity contribution in [3.8, 4) is 0 Å². The summed E-state index contributed by atoms with van der Waals surface area (Å²) in [6.45, 7) is 5.72. The fourth-order valence-corrected chi connectivity index (χ4v) is 3.47. The first-order valence-corrected chi connectivity index (χ1v) is 8.51. The van der Waals surface area contributed by atoms with Crippen molar-refractivity contribution in [2.75, 3.05) is 39.4 Å². The fourth-order valence-electron chi connectivity index (χ4n) is 3.47. The molecule has 0 aliphatic carbocycles. The number of likely N-dealkylation sites (tertiary alicyclic amines) is 1. The summed E-state index contributed by atoms with van der Waals surface area (Å²) < 4.78 is 5.40. The minimum absolute atomic E-state index is 0.201. The SMILES string of the molecule is O=C(c1ccccc1)N1CCCC[C@H]1CCN1CCOCC1. The standard InChI is InChI=1S/C18H26N2O2/c21-18(16-6-2-1-3-7-16)20-10-5-4-8-17(20)9-11-19-12-14-22-15-13-19/h1-3,6-7,17H,4-5,8-15H2/t17-/m0/s1. The minimum Gasteiger partial charge on any atom is -0.379 e. The normalized spacial score (nSPS) is 23.5. The van der Waals surface area contributed by atoms with Gasteiger partial charge in [-0.05, 0) is 37.8 Å². The van der Waals surface area contributed by atoms with Gasteiger partial charge < -0.3 is 9.64 Å². The molecule has 2 heterocycles. The highest BCUT2D eigenvalue weighted by atomic mass is 16.5. The van der Waals surface area contributed by atoms with E-state index < -0.39 is 0 Å². The Kier molecular flexibility index (Phi) is 5.46. The van der Waals surface area contributed by atoms with E-state index in [0.29, 0.717) is 6.04 Å². The number of hydrogen-bond donors (Lipinski definition) is 0. The van der Waals surface area contributed by atoms with E-state index in [1.165, 1.54) is 6.42 Å². The highest BCUT2D eigenvalue weighted by molar-refractivity contribution is 5.94. The average molecular weight is 302 g/mol. The third kappa shape index (κ3) is 3.87. The first-order chi connectivity index (χ1) is 10.8. The second kappa shape index (κ2) is 7.75. The Morgan fingerprint density at radius 1 is 1.09 bits per heavy atom. The number of carbonyl (C=O) groups is 1. The van der Waals surface area contributed by atoms with Crippen LogP contribution in [0.3, 0.4) is 0 Å². The van der Waals surface area contributed by atoms with Gasteiger partial charge in [-0.25, -0.2) is 0 Å². The second-order valence-electron chi connectivity index (χ2n) is 6.26. The van der Waals surface area contributed by atoms with Crippen molar-refractivity contribution in [3.63, 3.8) is 0 Å². The van der Waals surface area contributed by atoms with Gasteiger partial charge in [0, 0.05) is 37.8 Å². The summed E-state index contributed by atoms with van der Waals surface area (Å²) in [6.07, 6.45) is 4.60. The van der Waals surface area contributed by atoms with Crippen molar-refractivity contribution in [1.29, 1.82) is 0 Å². The summed E-state index contributed by atoms with van der Waals surface area (Å²) >= 11 is 0.